The molecule has 1 aliphatic rings. The summed E-state index contributed by atoms with van der Waals surface area (Å²) in [4.78, 5) is 43.1. The Morgan fingerprint density at radius 2 is 2.08 bits per heavy atom. The molecular formula is C27H28N8O3. The zero-order valence-electron chi connectivity index (χ0n) is 21.2. The molecule has 194 valence electrons. The molecular weight excluding hydrogens is 484 g/mol. The Kier molecular flexibility index (Phi) is 7.09. The lowest BCUT2D eigenvalue weighted by Gasteiger charge is -2.26. The molecule has 0 spiro atoms. The highest BCUT2D eigenvalue weighted by atomic mass is 16.5. The van der Waals surface area contributed by atoms with Gasteiger partial charge in [0.1, 0.15) is 17.0 Å². The predicted molar refractivity (Wildman–Crippen MR) is 145 cm³/mol. The number of allylic oxidation sites excluding steroid dienone is 3. The highest BCUT2D eigenvalue weighted by Gasteiger charge is 2.23. The van der Waals surface area contributed by atoms with Crippen LogP contribution in [0.5, 0.6) is 0 Å². The van der Waals surface area contributed by atoms with E-state index in [0.29, 0.717) is 66.8 Å². The Hall–Kier alpha value is -4.64. The molecule has 0 bridgehead atoms. The van der Waals surface area contributed by atoms with Gasteiger partial charge in [0.2, 0.25) is 5.91 Å². The van der Waals surface area contributed by atoms with E-state index in [1.807, 2.05) is 31.2 Å². The molecule has 0 saturated carbocycles. The molecule has 4 aromatic rings. The topological polar surface area (TPSA) is 141 Å². The number of carbonyl (C=O) groups is 2. The first kappa shape index (κ1) is 25.0. The van der Waals surface area contributed by atoms with Crippen molar-refractivity contribution in [2.45, 2.75) is 20.3 Å². The minimum atomic E-state index is -0.138. The van der Waals surface area contributed by atoms with E-state index in [9.17, 15) is 9.59 Å². The summed E-state index contributed by atoms with van der Waals surface area (Å²) in [5.74, 6) is 0.708. The van der Waals surface area contributed by atoms with Gasteiger partial charge in [0.05, 0.1) is 29.7 Å². The average Bonchev–Trinajstić information content (AvgIpc) is 3.58. The maximum absolute atomic E-state index is 13.2. The number of imidazole rings is 1. The fourth-order valence-electron chi connectivity index (χ4n) is 4.22. The van der Waals surface area contributed by atoms with Crippen molar-refractivity contribution in [1.82, 2.24) is 35.4 Å². The van der Waals surface area contributed by atoms with Gasteiger partial charge in [0.15, 0.2) is 11.5 Å². The SMILES string of the molecule is C=N/C(=C\C=C(/C)c1cnc2[nH]nc(-c3nc4c(C(=O)N5CCOCC5)cccc4[nH]3)c2c1)NC(=O)CC. The lowest BCUT2D eigenvalue weighted by Crippen LogP contribution is -2.40. The maximum atomic E-state index is 13.2. The normalized spacial score (nSPS) is 14.7. The quantitative estimate of drug-likeness (QED) is 0.256. The van der Waals surface area contributed by atoms with E-state index in [2.05, 4.69) is 37.2 Å². The summed E-state index contributed by atoms with van der Waals surface area (Å²) in [5.41, 5.74) is 4.86. The van der Waals surface area contributed by atoms with Gasteiger partial charge < -0.3 is 19.9 Å². The van der Waals surface area contributed by atoms with E-state index in [4.69, 9.17) is 9.72 Å². The number of ether oxygens (including phenoxy) is 1. The molecule has 3 N–H and O–H groups in total. The average molecular weight is 513 g/mol. The summed E-state index contributed by atoms with van der Waals surface area (Å²) in [7, 11) is 0. The molecule has 0 unspecified atom stereocenters. The van der Waals surface area contributed by atoms with Crippen LogP contribution >= 0.6 is 0 Å². The molecule has 4 heterocycles. The number of carbonyl (C=O) groups excluding carboxylic acids is 2. The molecule has 1 fully saturated rings. The van der Waals surface area contributed by atoms with Crippen LogP contribution < -0.4 is 5.32 Å². The molecule has 1 aliphatic heterocycles. The number of para-hydroxylation sites is 1. The van der Waals surface area contributed by atoms with Crippen molar-refractivity contribution in [2.75, 3.05) is 26.3 Å². The highest BCUT2D eigenvalue weighted by molar-refractivity contribution is 6.06. The largest absolute Gasteiger partial charge is 0.378 e. The van der Waals surface area contributed by atoms with Crippen LogP contribution in [-0.2, 0) is 9.53 Å². The van der Waals surface area contributed by atoms with Crippen molar-refractivity contribution >= 4 is 46.2 Å². The number of morpholine rings is 1. The van der Waals surface area contributed by atoms with Crippen molar-refractivity contribution < 1.29 is 14.3 Å². The summed E-state index contributed by atoms with van der Waals surface area (Å²) < 4.78 is 5.38. The number of rotatable bonds is 7. The summed E-state index contributed by atoms with van der Waals surface area (Å²) in [6.07, 6.45) is 5.63. The number of aromatic nitrogens is 5. The Morgan fingerprint density at radius 1 is 1.26 bits per heavy atom. The van der Waals surface area contributed by atoms with Gasteiger partial charge in [-0.2, -0.15) is 5.10 Å². The Bertz CT molecular complexity index is 1590. The van der Waals surface area contributed by atoms with Gasteiger partial charge in [-0.05, 0) is 49.1 Å². The number of nitrogens with zero attached hydrogens (tertiary/aromatic N) is 5. The van der Waals surface area contributed by atoms with E-state index >= 15 is 0 Å². The number of fused-ring (bicyclic) bond motifs is 2. The summed E-state index contributed by atoms with van der Waals surface area (Å²) in [5, 5.41) is 10.9. The Balaban J connectivity index is 1.49. The third kappa shape index (κ3) is 4.96. The number of hydrogen-bond donors (Lipinski definition) is 3. The number of H-pyrrole nitrogens is 2. The van der Waals surface area contributed by atoms with Crippen molar-refractivity contribution in [3.8, 4) is 11.5 Å². The monoisotopic (exact) mass is 512 g/mol. The fourth-order valence-corrected chi connectivity index (χ4v) is 4.22. The van der Waals surface area contributed by atoms with Crippen LogP contribution in [0.3, 0.4) is 0 Å². The second-order valence-electron chi connectivity index (χ2n) is 8.85. The molecule has 1 saturated heterocycles. The number of benzene rings is 1. The van der Waals surface area contributed by atoms with Crippen LogP contribution in [0, 0.1) is 0 Å². The summed E-state index contributed by atoms with van der Waals surface area (Å²) >= 11 is 0. The first-order valence-electron chi connectivity index (χ1n) is 12.3. The van der Waals surface area contributed by atoms with Crippen molar-refractivity contribution in [3.05, 3.63) is 59.6 Å². The third-order valence-corrected chi connectivity index (χ3v) is 6.39. The molecule has 38 heavy (non-hydrogen) atoms. The van der Waals surface area contributed by atoms with Gasteiger partial charge in [-0.3, -0.25) is 14.7 Å². The lowest BCUT2D eigenvalue weighted by atomic mass is 10.1. The number of pyridine rings is 1. The standard InChI is InChI=1S/C27H28N8O3/c1-4-22(36)31-21(28-3)9-8-16(2)17-14-19-24(33-34-25(19)29-15-17)26-30-20-7-5-6-18(23(20)32-26)27(37)35-10-12-38-13-11-35/h5-9,14-15H,3-4,10-13H2,1-2H3,(H,30,32)(H,31,36)(H,29,33,34)/b16-8+,21-9+. The molecule has 0 atom stereocenters. The molecule has 1 aromatic carbocycles. The Morgan fingerprint density at radius 3 is 2.84 bits per heavy atom. The number of nitrogens with one attached hydrogen (secondary N) is 3. The number of aliphatic imine (C=N–C) groups is 1. The van der Waals surface area contributed by atoms with Gasteiger partial charge in [-0.1, -0.05) is 19.1 Å². The van der Waals surface area contributed by atoms with Crippen LogP contribution in [0.4, 0.5) is 0 Å². The summed E-state index contributed by atoms with van der Waals surface area (Å²) in [6.45, 7) is 9.40. The van der Waals surface area contributed by atoms with Crippen LogP contribution in [0.25, 0.3) is 39.2 Å². The van der Waals surface area contributed by atoms with E-state index < -0.39 is 0 Å². The number of amides is 2. The van der Waals surface area contributed by atoms with Crippen LogP contribution in [0.2, 0.25) is 0 Å². The molecule has 3 aromatic heterocycles. The zero-order valence-corrected chi connectivity index (χ0v) is 21.2. The first-order chi connectivity index (χ1) is 18.5. The second kappa shape index (κ2) is 10.8. The zero-order chi connectivity index (χ0) is 26.6. The van der Waals surface area contributed by atoms with E-state index in [1.54, 1.807) is 30.2 Å². The van der Waals surface area contributed by atoms with Gasteiger partial charge in [0, 0.05) is 25.7 Å². The van der Waals surface area contributed by atoms with Crippen molar-refractivity contribution in [2.24, 2.45) is 4.99 Å². The summed E-state index contributed by atoms with van der Waals surface area (Å²) in [6, 6.07) is 7.50. The minimum Gasteiger partial charge on any atom is -0.378 e. The molecule has 11 heteroatoms. The lowest BCUT2D eigenvalue weighted by molar-refractivity contribution is -0.120. The van der Waals surface area contributed by atoms with Gasteiger partial charge >= 0.3 is 0 Å². The fraction of sp³-hybridized carbons (Fsp3) is 0.259. The van der Waals surface area contributed by atoms with Gasteiger partial charge in [-0.25, -0.2) is 15.0 Å². The van der Waals surface area contributed by atoms with Crippen LogP contribution in [0.1, 0.15) is 36.2 Å². The number of aromatic amines is 2. The van der Waals surface area contributed by atoms with Gasteiger partial charge in [0.25, 0.3) is 5.91 Å². The number of hydrogen-bond acceptors (Lipinski definition) is 7. The van der Waals surface area contributed by atoms with Crippen molar-refractivity contribution in [1.29, 1.82) is 0 Å². The van der Waals surface area contributed by atoms with E-state index in [1.165, 1.54) is 0 Å². The molecule has 2 amide bonds. The third-order valence-electron chi connectivity index (χ3n) is 6.39. The maximum Gasteiger partial charge on any atom is 0.256 e. The Labute approximate surface area is 218 Å². The molecule has 0 radical (unpaired) electrons. The van der Waals surface area contributed by atoms with Crippen molar-refractivity contribution in [3.63, 3.8) is 0 Å². The van der Waals surface area contributed by atoms with Crippen LogP contribution in [0.15, 0.2) is 53.4 Å². The van der Waals surface area contributed by atoms with Crippen LogP contribution in [-0.4, -0.2) is 74.9 Å². The second-order valence-corrected chi connectivity index (χ2v) is 8.85. The minimum absolute atomic E-state index is 0.0647. The van der Waals surface area contributed by atoms with Gasteiger partial charge in [-0.15, -0.1) is 0 Å². The predicted octanol–water partition coefficient (Wildman–Crippen LogP) is 3.45. The molecule has 5 rings (SSSR count). The van der Waals surface area contributed by atoms with E-state index in [-0.39, 0.29) is 11.8 Å². The highest BCUT2D eigenvalue weighted by Crippen LogP contribution is 2.29. The first-order valence-corrected chi connectivity index (χ1v) is 12.3. The van der Waals surface area contributed by atoms with E-state index in [0.717, 1.165) is 22.0 Å². The smallest absolute Gasteiger partial charge is 0.256 e. The molecule has 0 aliphatic carbocycles. The molecule has 11 nitrogen and oxygen atoms in total.